The largest absolute Gasteiger partial charge is 0.325 e. The Balaban J connectivity index is 1.58. The van der Waals surface area contributed by atoms with Crippen molar-refractivity contribution in [3.8, 4) is 0 Å². The van der Waals surface area contributed by atoms with Crippen molar-refractivity contribution < 1.29 is 9.59 Å². The van der Waals surface area contributed by atoms with Gasteiger partial charge in [0.15, 0.2) is 0 Å². The molecule has 1 aliphatic heterocycles. The third kappa shape index (κ3) is 4.55. The minimum atomic E-state index is -0.113. The Morgan fingerprint density at radius 3 is 2.67 bits per heavy atom. The summed E-state index contributed by atoms with van der Waals surface area (Å²) < 4.78 is 0. The van der Waals surface area contributed by atoms with Crippen LogP contribution in [0.2, 0.25) is 0 Å². The number of amides is 2. The van der Waals surface area contributed by atoms with Crippen molar-refractivity contribution in [2.75, 3.05) is 36.9 Å². The summed E-state index contributed by atoms with van der Waals surface area (Å²) in [6.07, 6.45) is 1.98. The number of nitrogens with zero attached hydrogens (tertiary/aromatic N) is 2. The monoisotopic (exact) mass is 365 g/mol. The fourth-order valence-electron chi connectivity index (χ4n) is 3.49. The van der Waals surface area contributed by atoms with Gasteiger partial charge in [0.05, 0.1) is 13.1 Å². The van der Waals surface area contributed by atoms with Gasteiger partial charge in [-0.2, -0.15) is 0 Å². The van der Waals surface area contributed by atoms with Gasteiger partial charge >= 0.3 is 0 Å². The number of hydrogen-bond acceptors (Lipinski definition) is 3. The highest BCUT2D eigenvalue weighted by molar-refractivity contribution is 5.97. The molecule has 0 aliphatic carbocycles. The normalized spacial score (nSPS) is 13.4. The molecule has 2 aromatic carbocycles. The van der Waals surface area contributed by atoms with E-state index in [1.54, 1.807) is 11.9 Å². The number of aryl methyl sites for hydroxylation is 2. The standard InChI is InChI=1S/C22H27N3O2/c1-16-8-6-11-19(17(16)2)23-21(26)14-24(3)15-22(27)25-13-7-10-18-9-4-5-12-20(18)25/h4-6,8-9,11-12H,7,10,13-15H2,1-3H3,(H,23,26). The molecule has 5 heteroatoms. The third-order valence-corrected chi connectivity index (χ3v) is 5.11. The van der Waals surface area contributed by atoms with Crippen molar-refractivity contribution in [3.05, 3.63) is 59.2 Å². The Morgan fingerprint density at radius 2 is 1.85 bits per heavy atom. The van der Waals surface area contributed by atoms with Crippen LogP contribution < -0.4 is 10.2 Å². The molecule has 3 rings (SSSR count). The van der Waals surface area contributed by atoms with Crippen LogP contribution in [0.25, 0.3) is 0 Å². The van der Waals surface area contributed by atoms with Crippen molar-refractivity contribution in [1.29, 1.82) is 0 Å². The second kappa shape index (κ2) is 8.35. The number of rotatable bonds is 5. The molecule has 5 nitrogen and oxygen atoms in total. The van der Waals surface area contributed by atoms with Gasteiger partial charge in [0.1, 0.15) is 0 Å². The van der Waals surface area contributed by atoms with Crippen LogP contribution in [0.1, 0.15) is 23.1 Å². The maximum Gasteiger partial charge on any atom is 0.241 e. The number of benzene rings is 2. The summed E-state index contributed by atoms with van der Waals surface area (Å²) in [6.45, 7) is 5.14. The molecule has 2 amide bonds. The van der Waals surface area contributed by atoms with Crippen molar-refractivity contribution >= 4 is 23.2 Å². The zero-order valence-electron chi connectivity index (χ0n) is 16.3. The van der Waals surface area contributed by atoms with E-state index in [0.29, 0.717) is 0 Å². The summed E-state index contributed by atoms with van der Waals surface area (Å²) in [5.74, 6) is -0.0813. The second-order valence-corrected chi connectivity index (χ2v) is 7.25. The first-order valence-electron chi connectivity index (χ1n) is 9.38. The Labute approximate surface area is 161 Å². The molecule has 2 aromatic rings. The predicted octanol–water partition coefficient (Wildman–Crippen LogP) is 3.15. The summed E-state index contributed by atoms with van der Waals surface area (Å²) in [7, 11) is 1.80. The number of carbonyl (C=O) groups excluding carboxylic acids is 2. The van der Waals surface area contributed by atoms with Gasteiger partial charge in [0, 0.05) is 17.9 Å². The number of hydrogen-bond donors (Lipinski definition) is 1. The first kappa shape index (κ1) is 19.1. The quantitative estimate of drug-likeness (QED) is 0.886. The molecule has 0 saturated heterocycles. The van der Waals surface area contributed by atoms with Gasteiger partial charge in [-0.05, 0) is 62.6 Å². The van der Waals surface area contributed by atoms with E-state index in [-0.39, 0.29) is 24.9 Å². The molecular formula is C22H27N3O2. The maximum atomic E-state index is 12.8. The van der Waals surface area contributed by atoms with Crippen LogP contribution in [0.5, 0.6) is 0 Å². The van der Waals surface area contributed by atoms with Gasteiger partial charge in [-0.15, -0.1) is 0 Å². The Kier molecular flexibility index (Phi) is 5.91. The van der Waals surface area contributed by atoms with E-state index in [1.807, 2.05) is 55.1 Å². The first-order valence-corrected chi connectivity index (χ1v) is 9.38. The minimum absolute atomic E-state index is 0.0317. The van der Waals surface area contributed by atoms with Gasteiger partial charge in [-0.1, -0.05) is 30.3 Å². The first-order chi connectivity index (χ1) is 13.0. The highest BCUT2D eigenvalue weighted by Gasteiger charge is 2.23. The Bertz CT molecular complexity index is 847. The number of para-hydroxylation sites is 1. The van der Waals surface area contributed by atoms with E-state index in [4.69, 9.17) is 0 Å². The van der Waals surface area contributed by atoms with Gasteiger partial charge < -0.3 is 10.2 Å². The molecule has 0 radical (unpaired) electrons. The Hall–Kier alpha value is -2.66. The average Bonchev–Trinajstić information content (AvgIpc) is 2.64. The van der Waals surface area contributed by atoms with Crippen LogP contribution in [-0.2, 0) is 16.0 Å². The zero-order valence-corrected chi connectivity index (χ0v) is 16.3. The van der Waals surface area contributed by atoms with Crippen LogP contribution >= 0.6 is 0 Å². The lowest BCUT2D eigenvalue weighted by atomic mass is 10.0. The average molecular weight is 365 g/mol. The van der Waals surface area contributed by atoms with E-state index in [0.717, 1.165) is 41.9 Å². The summed E-state index contributed by atoms with van der Waals surface area (Å²) in [5, 5.41) is 2.94. The minimum Gasteiger partial charge on any atom is -0.325 e. The Morgan fingerprint density at radius 1 is 1.07 bits per heavy atom. The van der Waals surface area contributed by atoms with Gasteiger partial charge in [0.2, 0.25) is 11.8 Å². The summed E-state index contributed by atoms with van der Waals surface area (Å²) >= 11 is 0. The molecule has 27 heavy (non-hydrogen) atoms. The molecule has 0 spiro atoms. The zero-order chi connectivity index (χ0) is 19.4. The van der Waals surface area contributed by atoms with Gasteiger partial charge in [0.25, 0.3) is 0 Å². The smallest absolute Gasteiger partial charge is 0.241 e. The van der Waals surface area contributed by atoms with Gasteiger partial charge in [-0.3, -0.25) is 14.5 Å². The lowest BCUT2D eigenvalue weighted by molar-refractivity contribution is -0.121. The van der Waals surface area contributed by atoms with Crippen LogP contribution in [0.15, 0.2) is 42.5 Å². The van der Waals surface area contributed by atoms with Crippen LogP contribution in [0, 0.1) is 13.8 Å². The predicted molar refractivity (Wildman–Crippen MR) is 109 cm³/mol. The molecule has 0 fully saturated rings. The van der Waals surface area contributed by atoms with Crippen molar-refractivity contribution in [2.45, 2.75) is 26.7 Å². The molecule has 1 aliphatic rings. The lowest BCUT2D eigenvalue weighted by Gasteiger charge is -2.30. The summed E-state index contributed by atoms with van der Waals surface area (Å²) in [4.78, 5) is 28.7. The van der Waals surface area contributed by atoms with Crippen molar-refractivity contribution in [3.63, 3.8) is 0 Å². The molecule has 0 unspecified atom stereocenters. The molecule has 142 valence electrons. The molecule has 0 aromatic heterocycles. The SMILES string of the molecule is Cc1cccc(NC(=O)CN(C)CC(=O)N2CCCc3ccccc32)c1C. The lowest BCUT2D eigenvalue weighted by Crippen LogP contribution is -2.43. The molecule has 1 heterocycles. The van der Waals surface area contributed by atoms with Crippen LogP contribution in [0.4, 0.5) is 11.4 Å². The van der Waals surface area contributed by atoms with Crippen molar-refractivity contribution in [1.82, 2.24) is 4.90 Å². The van der Waals surface area contributed by atoms with E-state index >= 15 is 0 Å². The van der Waals surface area contributed by atoms with Crippen molar-refractivity contribution in [2.24, 2.45) is 0 Å². The fraction of sp³-hybridized carbons (Fsp3) is 0.364. The van der Waals surface area contributed by atoms with Crippen LogP contribution in [0.3, 0.4) is 0 Å². The van der Waals surface area contributed by atoms with E-state index in [2.05, 4.69) is 11.4 Å². The second-order valence-electron chi connectivity index (χ2n) is 7.25. The third-order valence-electron chi connectivity index (χ3n) is 5.11. The number of carbonyl (C=O) groups is 2. The maximum absolute atomic E-state index is 12.8. The van der Waals surface area contributed by atoms with E-state index in [9.17, 15) is 9.59 Å². The highest BCUT2D eigenvalue weighted by Crippen LogP contribution is 2.26. The van der Waals surface area contributed by atoms with E-state index < -0.39 is 0 Å². The molecular weight excluding hydrogens is 338 g/mol. The van der Waals surface area contributed by atoms with Gasteiger partial charge in [-0.25, -0.2) is 0 Å². The summed E-state index contributed by atoms with van der Waals surface area (Å²) in [5.41, 5.74) is 5.24. The van der Waals surface area contributed by atoms with E-state index in [1.165, 1.54) is 5.56 Å². The molecule has 0 atom stereocenters. The number of likely N-dealkylation sites (N-methyl/N-ethyl adjacent to an activating group) is 1. The number of fused-ring (bicyclic) bond motifs is 1. The molecule has 0 saturated carbocycles. The topological polar surface area (TPSA) is 52.7 Å². The number of anilines is 2. The number of nitrogens with one attached hydrogen (secondary N) is 1. The van der Waals surface area contributed by atoms with Crippen LogP contribution in [-0.4, -0.2) is 43.4 Å². The summed E-state index contributed by atoms with van der Waals surface area (Å²) in [6, 6.07) is 13.9. The molecule has 0 bridgehead atoms. The highest BCUT2D eigenvalue weighted by atomic mass is 16.2. The fourth-order valence-corrected chi connectivity index (χ4v) is 3.49. The molecule has 1 N–H and O–H groups in total.